The second-order valence-corrected chi connectivity index (χ2v) is 3.57. The fourth-order valence-electron chi connectivity index (χ4n) is 1.33. The molecule has 1 atom stereocenters. The summed E-state index contributed by atoms with van der Waals surface area (Å²) in [6, 6.07) is 1.76. The molecule has 0 saturated carbocycles. The Balaban J connectivity index is 2.53. The molecule has 1 heterocycles. The maximum atomic E-state index is 11.4. The Morgan fingerprint density at radius 1 is 1.76 bits per heavy atom. The molecule has 0 radical (unpaired) electrons. The van der Waals surface area contributed by atoms with Crippen LogP contribution >= 0.6 is 0 Å². The normalized spacial score (nSPS) is 11.6. The lowest BCUT2D eigenvalue weighted by molar-refractivity contribution is -0.147. The summed E-state index contributed by atoms with van der Waals surface area (Å²) in [5.41, 5.74) is 8.85. The van der Waals surface area contributed by atoms with Crippen molar-refractivity contribution in [3.8, 4) is 0 Å². The van der Waals surface area contributed by atoms with Crippen LogP contribution < -0.4 is 0 Å². The molecule has 7 heteroatoms. The minimum atomic E-state index is -0.248. The van der Waals surface area contributed by atoms with Gasteiger partial charge in [-0.25, -0.2) is 0 Å². The molecule has 0 aromatic carbocycles. The monoisotopic (exact) mass is 237 g/mol. The van der Waals surface area contributed by atoms with Crippen LogP contribution in [-0.2, 0) is 22.6 Å². The van der Waals surface area contributed by atoms with Gasteiger partial charge < -0.3 is 4.74 Å². The van der Waals surface area contributed by atoms with Crippen LogP contribution in [0.5, 0.6) is 0 Å². The maximum absolute atomic E-state index is 11.4. The van der Waals surface area contributed by atoms with E-state index in [0.717, 1.165) is 0 Å². The van der Waals surface area contributed by atoms with Crippen molar-refractivity contribution < 1.29 is 9.53 Å². The van der Waals surface area contributed by atoms with Gasteiger partial charge in [0.1, 0.15) is 0 Å². The van der Waals surface area contributed by atoms with Gasteiger partial charge in [0.2, 0.25) is 0 Å². The van der Waals surface area contributed by atoms with Crippen LogP contribution in [-0.4, -0.2) is 22.4 Å². The van der Waals surface area contributed by atoms with Gasteiger partial charge in [0.05, 0.1) is 31.3 Å². The summed E-state index contributed by atoms with van der Waals surface area (Å²) in [5.74, 6) is -0.484. The largest absolute Gasteiger partial charge is 0.466 e. The summed E-state index contributed by atoms with van der Waals surface area (Å²) in [4.78, 5) is 14.1. The highest BCUT2D eigenvalue weighted by atomic mass is 16.5. The molecule has 1 unspecified atom stereocenters. The molecule has 1 aromatic heterocycles. The zero-order chi connectivity index (χ0) is 12.7. The van der Waals surface area contributed by atoms with E-state index in [-0.39, 0.29) is 18.4 Å². The number of esters is 1. The van der Waals surface area contributed by atoms with Crippen LogP contribution in [0, 0.1) is 5.92 Å². The van der Waals surface area contributed by atoms with Gasteiger partial charge in [-0.2, -0.15) is 5.10 Å². The summed E-state index contributed by atoms with van der Waals surface area (Å²) >= 11 is 0. The number of aromatic nitrogens is 2. The molecule has 0 fully saturated rings. The highest BCUT2D eigenvalue weighted by Gasteiger charge is 2.14. The zero-order valence-corrected chi connectivity index (χ0v) is 9.91. The van der Waals surface area contributed by atoms with Gasteiger partial charge in [-0.3, -0.25) is 9.48 Å². The lowest BCUT2D eigenvalue weighted by Gasteiger charge is -2.10. The van der Waals surface area contributed by atoms with Crippen LogP contribution in [0.3, 0.4) is 0 Å². The van der Waals surface area contributed by atoms with Crippen molar-refractivity contribution in [1.82, 2.24) is 9.78 Å². The fourth-order valence-corrected chi connectivity index (χ4v) is 1.33. The first-order chi connectivity index (χ1) is 8.17. The molecule has 0 aliphatic carbocycles. The Morgan fingerprint density at radius 3 is 3.18 bits per heavy atom. The van der Waals surface area contributed by atoms with Crippen molar-refractivity contribution in [2.24, 2.45) is 11.0 Å². The summed E-state index contributed by atoms with van der Waals surface area (Å²) in [5, 5.41) is 7.59. The molecular weight excluding hydrogens is 222 g/mol. The number of ether oxygens (including phenoxy) is 1. The van der Waals surface area contributed by atoms with E-state index in [1.807, 2.05) is 0 Å². The third-order valence-electron chi connectivity index (χ3n) is 2.14. The Kier molecular flexibility index (Phi) is 5.03. The van der Waals surface area contributed by atoms with Crippen molar-refractivity contribution >= 4 is 5.97 Å². The molecule has 0 saturated heterocycles. The van der Waals surface area contributed by atoms with Gasteiger partial charge in [0, 0.05) is 11.1 Å². The van der Waals surface area contributed by atoms with Gasteiger partial charge in [0.25, 0.3) is 0 Å². The summed E-state index contributed by atoms with van der Waals surface area (Å²) in [6.07, 6.45) is 1.75. The van der Waals surface area contributed by atoms with E-state index in [0.29, 0.717) is 18.8 Å². The number of carbonyl (C=O) groups is 1. The average molecular weight is 237 g/mol. The van der Waals surface area contributed by atoms with E-state index in [2.05, 4.69) is 15.1 Å². The van der Waals surface area contributed by atoms with Crippen molar-refractivity contribution in [3.63, 3.8) is 0 Å². The van der Waals surface area contributed by atoms with Gasteiger partial charge >= 0.3 is 5.97 Å². The van der Waals surface area contributed by atoms with Crippen LogP contribution in [0.15, 0.2) is 17.4 Å². The fraction of sp³-hybridized carbons (Fsp3) is 0.600. The van der Waals surface area contributed by atoms with E-state index >= 15 is 0 Å². The van der Waals surface area contributed by atoms with Gasteiger partial charge in [-0.1, -0.05) is 12.0 Å². The van der Waals surface area contributed by atoms with Crippen LogP contribution in [0.25, 0.3) is 10.4 Å². The molecule has 1 aromatic rings. The van der Waals surface area contributed by atoms with Crippen molar-refractivity contribution in [1.29, 1.82) is 0 Å². The predicted octanol–water partition coefficient (Wildman–Crippen LogP) is 1.89. The number of carbonyl (C=O) groups excluding carboxylic acids is 1. The van der Waals surface area contributed by atoms with E-state index in [4.69, 9.17) is 10.3 Å². The number of hydrogen-bond acceptors (Lipinski definition) is 4. The summed E-state index contributed by atoms with van der Waals surface area (Å²) in [6.45, 7) is 4.61. The number of rotatable bonds is 6. The first-order valence-corrected chi connectivity index (χ1v) is 5.37. The standard InChI is InChI=1S/C10H15N5O2/c1-3-17-10(16)8(2)7-15-5-4-9(13-15)6-12-14-11/h4-5,8H,3,6-7H2,1-2H3. The van der Waals surface area contributed by atoms with Crippen LogP contribution in [0.4, 0.5) is 0 Å². The second-order valence-electron chi connectivity index (χ2n) is 3.57. The molecule has 0 bridgehead atoms. The highest BCUT2D eigenvalue weighted by Crippen LogP contribution is 2.05. The second kappa shape index (κ2) is 6.55. The van der Waals surface area contributed by atoms with E-state index in [9.17, 15) is 4.79 Å². The quantitative estimate of drug-likeness (QED) is 0.327. The zero-order valence-electron chi connectivity index (χ0n) is 9.91. The first-order valence-electron chi connectivity index (χ1n) is 5.37. The van der Waals surface area contributed by atoms with Crippen molar-refractivity contribution in [3.05, 3.63) is 28.4 Å². The molecule has 0 spiro atoms. The van der Waals surface area contributed by atoms with Gasteiger partial charge in [-0.05, 0) is 18.5 Å². The third kappa shape index (κ3) is 4.16. The SMILES string of the molecule is CCOC(=O)C(C)Cn1ccc(CN=[N+]=[N-])n1. The Labute approximate surface area is 99.0 Å². The van der Waals surface area contributed by atoms with Gasteiger partial charge in [-0.15, -0.1) is 0 Å². The number of nitrogens with zero attached hydrogens (tertiary/aromatic N) is 5. The molecular formula is C10H15N5O2. The Hall–Kier alpha value is -2.01. The molecule has 0 amide bonds. The highest BCUT2D eigenvalue weighted by molar-refractivity contribution is 5.71. The van der Waals surface area contributed by atoms with E-state index < -0.39 is 0 Å². The topological polar surface area (TPSA) is 92.9 Å². The maximum Gasteiger partial charge on any atom is 0.310 e. The minimum Gasteiger partial charge on any atom is -0.466 e. The van der Waals surface area contributed by atoms with E-state index in [1.54, 1.807) is 30.8 Å². The molecule has 17 heavy (non-hydrogen) atoms. The van der Waals surface area contributed by atoms with Gasteiger partial charge in [0.15, 0.2) is 0 Å². The summed E-state index contributed by atoms with van der Waals surface area (Å²) < 4.78 is 6.54. The molecule has 0 aliphatic heterocycles. The third-order valence-corrected chi connectivity index (χ3v) is 2.14. The van der Waals surface area contributed by atoms with E-state index in [1.165, 1.54) is 0 Å². The minimum absolute atomic E-state index is 0.220. The van der Waals surface area contributed by atoms with Crippen LogP contribution in [0.2, 0.25) is 0 Å². The molecule has 7 nitrogen and oxygen atoms in total. The Bertz CT molecular complexity index is 422. The number of azide groups is 1. The lowest BCUT2D eigenvalue weighted by atomic mass is 10.2. The molecule has 0 aliphatic rings. The first kappa shape index (κ1) is 13.1. The number of hydrogen-bond donors (Lipinski definition) is 0. The molecule has 1 rings (SSSR count). The van der Waals surface area contributed by atoms with Crippen molar-refractivity contribution in [2.75, 3.05) is 6.61 Å². The smallest absolute Gasteiger partial charge is 0.310 e. The summed E-state index contributed by atoms with van der Waals surface area (Å²) in [7, 11) is 0. The Morgan fingerprint density at radius 2 is 2.53 bits per heavy atom. The predicted molar refractivity (Wildman–Crippen MR) is 60.9 cm³/mol. The average Bonchev–Trinajstić information content (AvgIpc) is 2.74. The molecule has 0 N–H and O–H groups in total. The van der Waals surface area contributed by atoms with Crippen molar-refractivity contribution in [2.45, 2.75) is 26.9 Å². The lowest BCUT2D eigenvalue weighted by Crippen LogP contribution is -2.20. The van der Waals surface area contributed by atoms with Crippen LogP contribution in [0.1, 0.15) is 19.5 Å². The molecule has 92 valence electrons.